The Kier molecular flexibility index (Phi) is 3.52. The molecule has 0 spiro atoms. The third kappa shape index (κ3) is 2.32. The van der Waals surface area contributed by atoms with Crippen molar-refractivity contribution in [3.8, 4) is 0 Å². The molecular weight excluding hydrogens is 246 g/mol. The number of fused-ring (bicyclic) bond motifs is 1. The van der Waals surface area contributed by atoms with Gasteiger partial charge in [-0.2, -0.15) is 0 Å². The van der Waals surface area contributed by atoms with Crippen molar-refractivity contribution in [3.05, 3.63) is 65.5 Å². The average molecular weight is 265 g/mol. The zero-order chi connectivity index (χ0) is 13.9. The number of nitrogens with zero attached hydrogens (tertiary/aromatic N) is 2. The second-order valence-corrected chi connectivity index (χ2v) is 5.13. The summed E-state index contributed by atoms with van der Waals surface area (Å²) in [6.45, 7) is 3.65. The van der Waals surface area contributed by atoms with Crippen LogP contribution >= 0.6 is 0 Å². The molecule has 3 rings (SSSR count). The molecule has 0 bridgehead atoms. The molecule has 3 nitrogen and oxygen atoms in total. The van der Waals surface area contributed by atoms with Gasteiger partial charge in [-0.25, -0.2) is 4.98 Å². The van der Waals surface area contributed by atoms with E-state index in [0.717, 1.165) is 18.6 Å². The van der Waals surface area contributed by atoms with E-state index >= 15 is 0 Å². The number of aromatic nitrogens is 2. The smallest absolute Gasteiger partial charge is 0.140 e. The molecule has 0 aliphatic heterocycles. The molecule has 102 valence electrons. The minimum atomic E-state index is 0.665. The Bertz CT molecular complexity index is 714. The molecule has 1 aromatic carbocycles. The van der Waals surface area contributed by atoms with Crippen LogP contribution in [0.15, 0.2) is 48.8 Å². The van der Waals surface area contributed by atoms with Crippen LogP contribution in [-0.4, -0.2) is 16.1 Å². The largest absolute Gasteiger partial charge is 0.330 e. The van der Waals surface area contributed by atoms with Gasteiger partial charge in [-0.15, -0.1) is 0 Å². The van der Waals surface area contributed by atoms with Crippen molar-refractivity contribution < 1.29 is 0 Å². The summed E-state index contributed by atoms with van der Waals surface area (Å²) in [5.41, 5.74) is 10.6. The van der Waals surface area contributed by atoms with Gasteiger partial charge in [0.1, 0.15) is 5.65 Å². The third-order valence-corrected chi connectivity index (χ3v) is 3.65. The van der Waals surface area contributed by atoms with E-state index in [-0.39, 0.29) is 0 Å². The maximum absolute atomic E-state index is 5.73. The van der Waals surface area contributed by atoms with Crippen molar-refractivity contribution in [1.29, 1.82) is 0 Å². The first-order chi connectivity index (χ1) is 9.79. The van der Waals surface area contributed by atoms with Crippen molar-refractivity contribution >= 4 is 11.0 Å². The van der Waals surface area contributed by atoms with Gasteiger partial charge in [-0.05, 0) is 42.6 Å². The lowest BCUT2D eigenvalue weighted by atomic mass is 10.1. The molecule has 0 atom stereocenters. The highest BCUT2D eigenvalue weighted by molar-refractivity contribution is 5.84. The minimum absolute atomic E-state index is 0.665. The van der Waals surface area contributed by atoms with Gasteiger partial charge in [0.2, 0.25) is 0 Å². The molecule has 2 N–H and O–H groups in total. The monoisotopic (exact) mass is 265 g/mol. The average Bonchev–Trinajstić information content (AvgIpc) is 2.80. The summed E-state index contributed by atoms with van der Waals surface area (Å²) in [5.74, 6) is 0. The number of rotatable bonds is 4. The van der Waals surface area contributed by atoms with E-state index in [1.165, 1.54) is 22.1 Å². The highest BCUT2D eigenvalue weighted by Gasteiger charge is 2.11. The fourth-order valence-electron chi connectivity index (χ4n) is 2.72. The van der Waals surface area contributed by atoms with Crippen molar-refractivity contribution in [1.82, 2.24) is 9.55 Å². The van der Waals surface area contributed by atoms with Gasteiger partial charge >= 0.3 is 0 Å². The van der Waals surface area contributed by atoms with E-state index in [4.69, 9.17) is 5.73 Å². The van der Waals surface area contributed by atoms with Crippen LogP contribution in [0, 0.1) is 6.92 Å². The maximum Gasteiger partial charge on any atom is 0.140 e. The number of pyridine rings is 1. The molecular formula is C17H19N3. The van der Waals surface area contributed by atoms with E-state index in [1.807, 2.05) is 12.3 Å². The summed E-state index contributed by atoms with van der Waals surface area (Å²) < 4.78 is 2.22. The number of nitrogens with two attached hydrogens (primary N) is 1. The molecule has 0 saturated carbocycles. The zero-order valence-electron chi connectivity index (χ0n) is 11.7. The first-order valence-corrected chi connectivity index (χ1v) is 6.97. The molecule has 2 aromatic heterocycles. The van der Waals surface area contributed by atoms with Gasteiger partial charge < -0.3 is 10.3 Å². The summed E-state index contributed by atoms with van der Waals surface area (Å²) in [6.07, 6.45) is 4.97. The zero-order valence-corrected chi connectivity index (χ0v) is 11.7. The molecule has 3 aromatic rings. The third-order valence-electron chi connectivity index (χ3n) is 3.65. The molecule has 3 heteroatoms. The molecule has 0 aliphatic rings. The highest BCUT2D eigenvalue weighted by atomic mass is 15.0. The van der Waals surface area contributed by atoms with Gasteiger partial charge in [-0.1, -0.05) is 30.3 Å². The summed E-state index contributed by atoms with van der Waals surface area (Å²) in [4.78, 5) is 4.56. The quantitative estimate of drug-likeness (QED) is 0.788. The molecule has 0 aliphatic carbocycles. The van der Waals surface area contributed by atoms with E-state index in [9.17, 15) is 0 Å². The van der Waals surface area contributed by atoms with Gasteiger partial charge in [0.25, 0.3) is 0 Å². The highest BCUT2D eigenvalue weighted by Crippen LogP contribution is 2.24. The van der Waals surface area contributed by atoms with Crippen molar-refractivity contribution in [2.24, 2.45) is 5.73 Å². The predicted molar refractivity (Wildman–Crippen MR) is 82.8 cm³/mol. The normalized spacial score (nSPS) is 11.1. The van der Waals surface area contributed by atoms with Crippen LogP contribution < -0.4 is 5.73 Å². The Balaban J connectivity index is 2.09. The second kappa shape index (κ2) is 5.47. The van der Waals surface area contributed by atoms with Crippen LogP contribution in [0.4, 0.5) is 0 Å². The van der Waals surface area contributed by atoms with Crippen LogP contribution in [0.1, 0.15) is 16.7 Å². The SMILES string of the molecule is Cc1ccnc2c1c(CCN)cn2Cc1ccccc1. The molecule has 0 fully saturated rings. The molecule has 0 unspecified atom stereocenters. The Morgan fingerprint density at radius 1 is 1.15 bits per heavy atom. The van der Waals surface area contributed by atoms with Crippen molar-refractivity contribution in [2.75, 3.05) is 6.54 Å². The van der Waals surface area contributed by atoms with Gasteiger partial charge in [0, 0.05) is 24.3 Å². The van der Waals surface area contributed by atoms with Gasteiger partial charge in [0.15, 0.2) is 0 Å². The predicted octanol–water partition coefficient (Wildman–Crippen LogP) is 2.89. The molecule has 0 amide bonds. The maximum atomic E-state index is 5.73. The lowest BCUT2D eigenvalue weighted by Crippen LogP contribution is -2.02. The van der Waals surface area contributed by atoms with Crippen molar-refractivity contribution in [2.45, 2.75) is 19.9 Å². The Morgan fingerprint density at radius 3 is 2.70 bits per heavy atom. The minimum Gasteiger partial charge on any atom is -0.330 e. The number of hydrogen-bond donors (Lipinski definition) is 1. The summed E-state index contributed by atoms with van der Waals surface area (Å²) in [7, 11) is 0. The number of hydrogen-bond acceptors (Lipinski definition) is 2. The molecule has 0 radical (unpaired) electrons. The fraction of sp³-hybridized carbons (Fsp3) is 0.235. The lowest BCUT2D eigenvalue weighted by Gasteiger charge is -2.05. The molecule has 20 heavy (non-hydrogen) atoms. The summed E-state index contributed by atoms with van der Waals surface area (Å²) in [6, 6.07) is 12.5. The second-order valence-electron chi connectivity index (χ2n) is 5.13. The van der Waals surface area contributed by atoms with Gasteiger partial charge in [-0.3, -0.25) is 0 Å². The van der Waals surface area contributed by atoms with E-state index in [1.54, 1.807) is 0 Å². The van der Waals surface area contributed by atoms with E-state index in [0.29, 0.717) is 6.54 Å². The Morgan fingerprint density at radius 2 is 1.95 bits per heavy atom. The van der Waals surface area contributed by atoms with Crippen LogP contribution in [0.2, 0.25) is 0 Å². The van der Waals surface area contributed by atoms with Crippen molar-refractivity contribution in [3.63, 3.8) is 0 Å². The fourth-order valence-corrected chi connectivity index (χ4v) is 2.72. The molecule has 0 saturated heterocycles. The summed E-state index contributed by atoms with van der Waals surface area (Å²) in [5, 5.41) is 1.26. The molecule has 2 heterocycles. The van der Waals surface area contributed by atoms with E-state index < -0.39 is 0 Å². The Hall–Kier alpha value is -2.13. The van der Waals surface area contributed by atoms with E-state index in [2.05, 4.69) is 53.0 Å². The summed E-state index contributed by atoms with van der Waals surface area (Å²) >= 11 is 0. The van der Waals surface area contributed by atoms with Crippen LogP contribution in [-0.2, 0) is 13.0 Å². The number of aryl methyl sites for hydroxylation is 1. The topological polar surface area (TPSA) is 43.8 Å². The van der Waals surface area contributed by atoms with Crippen LogP contribution in [0.3, 0.4) is 0 Å². The number of benzene rings is 1. The Labute approximate surface area is 119 Å². The standard InChI is InChI=1S/C17H19N3/c1-13-8-10-19-17-16(13)15(7-9-18)12-20(17)11-14-5-3-2-4-6-14/h2-6,8,10,12H,7,9,11,18H2,1H3. The van der Waals surface area contributed by atoms with Gasteiger partial charge in [0.05, 0.1) is 0 Å². The first kappa shape index (κ1) is 12.9. The van der Waals surface area contributed by atoms with Crippen LogP contribution in [0.5, 0.6) is 0 Å². The lowest BCUT2D eigenvalue weighted by molar-refractivity contribution is 0.817. The first-order valence-electron chi connectivity index (χ1n) is 6.97. The van der Waals surface area contributed by atoms with Crippen LogP contribution in [0.25, 0.3) is 11.0 Å².